The molecule has 0 bridgehead atoms. The summed E-state index contributed by atoms with van der Waals surface area (Å²) in [6.45, 7) is 0.435. The van der Waals surface area contributed by atoms with Crippen molar-refractivity contribution in [3.63, 3.8) is 0 Å². The quantitative estimate of drug-likeness (QED) is 0.503. The fraction of sp³-hybridized carbons (Fsp3) is 0.385. The lowest BCUT2D eigenvalue weighted by Crippen LogP contribution is -2.57. The lowest BCUT2D eigenvalue weighted by molar-refractivity contribution is -0.139. The van der Waals surface area contributed by atoms with Gasteiger partial charge in [0.15, 0.2) is 0 Å². The van der Waals surface area contributed by atoms with Gasteiger partial charge >= 0.3 is 6.18 Å². The molecule has 0 radical (unpaired) electrons. The Kier molecular flexibility index (Phi) is 4.57. The summed E-state index contributed by atoms with van der Waals surface area (Å²) in [7, 11) is 1.15. The Morgan fingerprint density at radius 2 is 2.18 bits per heavy atom. The number of amides is 1. The van der Waals surface area contributed by atoms with E-state index in [1.54, 1.807) is 0 Å². The van der Waals surface area contributed by atoms with E-state index in [4.69, 9.17) is 22.2 Å². The third-order valence-corrected chi connectivity index (χ3v) is 3.92. The number of rotatable bonds is 3. The minimum atomic E-state index is -4.58. The van der Waals surface area contributed by atoms with E-state index < -0.39 is 23.7 Å². The predicted octanol–water partition coefficient (Wildman–Crippen LogP) is 1.97. The Balaban J connectivity index is 2.30. The number of carbonyl (C=O) groups excluding carboxylic acids is 1. The summed E-state index contributed by atoms with van der Waals surface area (Å²) >= 11 is 5.16. The van der Waals surface area contributed by atoms with Crippen LogP contribution in [-0.2, 0) is 11.0 Å². The summed E-state index contributed by atoms with van der Waals surface area (Å²) in [5.74, 6) is -0.939. The van der Waals surface area contributed by atoms with Gasteiger partial charge in [0.2, 0.25) is 0 Å². The maximum Gasteiger partial charge on any atom is 0.419 e. The van der Waals surface area contributed by atoms with E-state index in [9.17, 15) is 18.0 Å². The number of methoxy groups -OCH3 is 1. The SMILES string of the molecule is COc1ccc(C(=S)N2CCC2C(=O)NO)cc1C(F)(F)F. The van der Waals surface area contributed by atoms with Gasteiger partial charge in [-0.15, -0.1) is 0 Å². The Bertz CT molecular complexity index is 607. The molecule has 22 heavy (non-hydrogen) atoms. The maximum atomic E-state index is 13.0. The number of carbonyl (C=O) groups is 1. The summed E-state index contributed by atoms with van der Waals surface area (Å²) in [6, 6.07) is 2.82. The van der Waals surface area contributed by atoms with E-state index in [1.807, 2.05) is 0 Å². The van der Waals surface area contributed by atoms with Gasteiger partial charge in [0.05, 0.1) is 12.7 Å². The van der Waals surface area contributed by atoms with Crippen LogP contribution < -0.4 is 10.2 Å². The summed E-state index contributed by atoms with van der Waals surface area (Å²) < 4.78 is 43.7. The molecule has 1 aliphatic rings. The van der Waals surface area contributed by atoms with E-state index >= 15 is 0 Å². The molecule has 120 valence electrons. The lowest BCUT2D eigenvalue weighted by Gasteiger charge is -2.41. The van der Waals surface area contributed by atoms with Crippen molar-refractivity contribution >= 4 is 23.1 Å². The van der Waals surface area contributed by atoms with Gasteiger partial charge in [-0.1, -0.05) is 12.2 Å². The second-order valence-corrected chi connectivity index (χ2v) is 5.08. The first-order chi connectivity index (χ1) is 10.3. The van der Waals surface area contributed by atoms with Crippen LogP contribution in [-0.4, -0.2) is 40.7 Å². The molecule has 1 aromatic rings. The molecule has 1 fully saturated rings. The highest BCUT2D eigenvalue weighted by Gasteiger charge is 2.38. The molecule has 1 amide bonds. The maximum absolute atomic E-state index is 13.0. The van der Waals surface area contributed by atoms with Crippen molar-refractivity contribution in [2.24, 2.45) is 0 Å². The Morgan fingerprint density at radius 1 is 1.50 bits per heavy atom. The van der Waals surface area contributed by atoms with Crippen LogP contribution in [0.3, 0.4) is 0 Å². The number of nitrogens with one attached hydrogen (secondary N) is 1. The molecular weight excluding hydrogens is 321 g/mol. The molecule has 9 heteroatoms. The van der Waals surface area contributed by atoms with Crippen molar-refractivity contribution in [3.8, 4) is 5.75 Å². The Morgan fingerprint density at radius 3 is 2.64 bits per heavy atom. The zero-order chi connectivity index (χ0) is 16.5. The molecular formula is C13H13F3N2O3S. The number of hydrogen-bond donors (Lipinski definition) is 2. The molecule has 1 atom stereocenters. The average Bonchev–Trinajstić information content (AvgIpc) is 2.44. The molecule has 1 aromatic carbocycles. The van der Waals surface area contributed by atoms with Crippen molar-refractivity contribution < 1.29 is 27.9 Å². The van der Waals surface area contributed by atoms with Crippen LogP contribution in [0.5, 0.6) is 5.75 Å². The smallest absolute Gasteiger partial charge is 0.419 e. The largest absolute Gasteiger partial charge is 0.496 e. The fourth-order valence-corrected chi connectivity index (χ4v) is 2.55. The standard InChI is InChI=1S/C13H13F3N2O3S/c1-21-10-3-2-7(6-8(10)13(14,15)16)12(22)18-5-4-9(18)11(19)17-20/h2-3,6,9,20H,4-5H2,1H3,(H,17,19). The highest BCUT2D eigenvalue weighted by molar-refractivity contribution is 7.80. The fourth-order valence-electron chi connectivity index (χ4n) is 2.21. The van der Waals surface area contributed by atoms with Crippen LogP contribution in [0.2, 0.25) is 0 Å². The van der Waals surface area contributed by atoms with E-state index in [2.05, 4.69) is 0 Å². The summed E-state index contributed by atoms with van der Waals surface area (Å²) in [5.41, 5.74) is 0.750. The van der Waals surface area contributed by atoms with Crippen LogP contribution in [0, 0.1) is 0 Å². The van der Waals surface area contributed by atoms with E-state index in [0.29, 0.717) is 13.0 Å². The normalized spacial score (nSPS) is 17.7. The first kappa shape index (κ1) is 16.5. The highest BCUT2D eigenvalue weighted by Crippen LogP contribution is 2.37. The van der Waals surface area contributed by atoms with Crippen molar-refractivity contribution in [2.45, 2.75) is 18.6 Å². The van der Waals surface area contributed by atoms with Crippen LogP contribution in [0.15, 0.2) is 18.2 Å². The number of ether oxygens (including phenoxy) is 1. The molecule has 5 nitrogen and oxygen atoms in total. The molecule has 1 unspecified atom stereocenters. The van der Waals surface area contributed by atoms with Crippen LogP contribution in [0.1, 0.15) is 17.5 Å². The lowest BCUT2D eigenvalue weighted by atomic mass is 10.00. The number of benzene rings is 1. The summed E-state index contributed by atoms with van der Waals surface area (Å²) in [5, 5.41) is 8.62. The summed E-state index contributed by atoms with van der Waals surface area (Å²) in [4.78, 5) is 13.0. The van der Waals surface area contributed by atoms with Crippen molar-refractivity contribution in [1.82, 2.24) is 10.4 Å². The van der Waals surface area contributed by atoms with Gasteiger partial charge in [-0.25, -0.2) is 5.48 Å². The summed E-state index contributed by atoms with van der Waals surface area (Å²) in [6.07, 6.45) is -4.11. The number of alkyl halides is 3. The van der Waals surface area contributed by atoms with E-state index in [0.717, 1.165) is 13.2 Å². The molecule has 1 heterocycles. The van der Waals surface area contributed by atoms with E-state index in [-0.39, 0.29) is 16.3 Å². The zero-order valence-corrected chi connectivity index (χ0v) is 12.3. The number of hydroxylamine groups is 1. The minimum absolute atomic E-state index is 0.119. The van der Waals surface area contributed by atoms with Gasteiger partial charge in [-0.3, -0.25) is 10.0 Å². The molecule has 1 saturated heterocycles. The molecule has 0 saturated carbocycles. The topological polar surface area (TPSA) is 61.8 Å². The van der Waals surface area contributed by atoms with Crippen LogP contribution in [0.25, 0.3) is 0 Å². The monoisotopic (exact) mass is 334 g/mol. The molecule has 0 aliphatic carbocycles. The third kappa shape index (κ3) is 3.00. The van der Waals surface area contributed by atoms with Gasteiger partial charge in [0, 0.05) is 12.1 Å². The van der Waals surface area contributed by atoms with Crippen LogP contribution in [0.4, 0.5) is 13.2 Å². The van der Waals surface area contributed by atoms with Crippen LogP contribution >= 0.6 is 12.2 Å². The molecule has 0 aromatic heterocycles. The van der Waals surface area contributed by atoms with Gasteiger partial charge < -0.3 is 9.64 Å². The number of nitrogens with zero attached hydrogens (tertiary/aromatic N) is 1. The number of halogens is 3. The Hall–Kier alpha value is -1.87. The zero-order valence-electron chi connectivity index (χ0n) is 11.5. The van der Waals surface area contributed by atoms with E-state index in [1.165, 1.54) is 22.5 Å². The predicted molar refractivity (Wildman–Crippen MR) is 74.7 cm³/mol. The molecule has 2 N–H and O–H groups in total. The van der Waals surface area contributed by atoms with Crippen molar-refractivity contribution in [1.29, 1.82) is 0 Å². The highest BCUT2D eigenvalue weighted by atomic mass is 32.1. The number of hydrogen-bond acceptors (Lipinski definition) is 4. The first-order valence-corrected chi connectivity index (χ1v) is 6.70. The minimum Gasteiger partial charge on any atom is -0.496 e. The van der Waals surface area contributed by atoms with Gasteiger partial charge in [-0.2, -0.15) is 13.2 Å². The first-order valence-electron chi connectivity index (χ1n) is 6.29. The van der Waals surface area contributed by atoms with Gasteiger partial charge in [0.25, 0.3) is 5.91 Å². The third-order valence-electron chi connectivity index (χ3n) is 3.45. The second-order valence-electron chi connectivity index (χ2n) is 4.69. The van der Waals surface area contributed by atoms with Crippen molar-refractivity contribution in [2.75, 3.05) is 13.7 Å². The van der Waals surface area contributed by atoms with Gasteiger partial charge in [-0.05, 0) is 24.6 Å². The van der Waals surface area contributed by atoms with Gasteiger partial charge in [0.1, 0.15) is 16.8 Å². The molecule has 0 spiro atoms. The number of thiocarbonyl (C=S) groups is 1. The number of likely N-dealkylation sites (tertiary alicyclic amines) is 1. The Labute approximate surface area is 129 Å². The van der Waals surface area contributed by atoms with Crippen molar-refractivity contribution in [3.05, 3.63) is 29.3 Å². The average molecular weight is 334 g/mol. The molecule has 1 aliphatic heterocycles. The second kappa shape index (κ2) is 6.09. The molecule has 2 rings (SSSR count).